The molecule has 0 aromatic rings. The molecule has 0 radical (unpaired) electrons. The fourth-order valence-corrected chi connectivity index (χ4v) is 1.87. The van der Waals surface area contributed by atoms with Crippen molar-refractivity contribution in [2.75, 3.05) is 13.2 Å². The quantitative estimate of drug-likeness (QED) is 0.635. The Labute approximate surface area is 91.4 Å². The second-order valence-electron chi connectivity index (χ2n) is 4.48. The molecule has 1 amide bonds. The Bertz CT molecular complexity index is 209. The molecule has 1 heterocycles. The Morgan fingerprint density at radius 2 is 2.33 bits per heavy atom. The molecular weight excluding hydrogens is 192 g/mol. The lowest BCUT2D eigenvalue weighted by atomic mass is 9.90. The number of aliphatic hydroxyl groups excluding tert-OH is 1. The molecule has 88 valence electrons. The first kappa shape index (κ1) is 12.5. The van der Waals surface area contributed by atoms with Gasteiger partial charge in [-0.3, -0.25) is 4.79 Å². The summed E-state index contributed by atoms with van der Waals surface area (Å²) in [5, 5.41) is 15.2. The van der Waals surface area contributed by atoms with Crippen LogP contribution < -0.4 is 10.6 Å². The highest BCUT2D eigenvalue weighted by Crippen LogP contribution is 2.18. The van der Waals surface area contributed by atoms with Gasteiger partial charge in [-0.1, -0.05) is 6.92 Å². The van der Waals surface area contributed by atoms with E-state index in [1.54, 1.807) is 0 Å². The van der Waals surface area contributed by atoms with Gasteiger partial charge in [0.1, 0.15) is 0 Å². The van der Waals surface area contributed by atoms with E-state index in [9.17, 15) is 4.79 Å². The summed E-state index contributed by atoms with van der Waals surface area (Å²) in [6.45, 7) is 4.81. The number of aliphatic hydroxyl groups is 1. The highest BCUT2D eigenvalue weighted by Gasteiger charge is 2.34. The molecule has 4 heteroatoms. The maximum atomic E-state index is 12.0. The van der Waals surface area contributed by atoms with Crippen LogP contribution in [0.15, 0.2) is 0 Å². The average molecular weight is 214 g/mol. The van der Waals surface area contributed by atoms with E-state index in [-0.39, 0.29) is 18.6 Å². The first-order chi connectivity index (χ1) is 7.12. The lowest BCUT2D eigenvalue weighted by Gasteiger charge is -2.34. The maximum Gasteiger partial charge on any atom is 0.240 e. The number of hydrogen-bond acceptors (Lipinski definition) is 3. The van der Waals surface area contributed by atoms with Gasteiger partial charge in [0.15, 0.2) is 0 Å². The Kier molecular flexibility index (Phi) is 4.54. The van der Waals surface area contributed by atoms with Crippen molar-refractivity contribution in [3.8, 4) is 0 Å². The van der Waals surface area contributed by atoms with Crippen molar-refractivity contribution >= 4 is 5.91 Å². The fraction of sp³-hybridized carbons (Fsp3) is 0.909. The summed E-state index contributed by atoms with van der Waals surface area (Å²) in [5.74, 6) is 0.0168. The Morgan fingerprint density at radius 1 is 1.60 bits per heavy atom. The molecule has 0 saturated carbocycles. The van der Waals surface area contributed by atoms with Crippen molar-refractivity contribution in [1.29, 1.82) is 0 Å². The van der Waals surface area contributed by atoms with E-state index < -0.39 is 5.54 Å². The van der Waals surface area contributed by atoms with E-state index in [1.165, 1.54) is 0 Å². The third-order valence-corrected chi connectivity index (χ3v) is 3.17. The molecule has 1 fully saturated rings. The molecule has 0 aliphatic carbocycles. The highest BCUT2D eigenvalue weighted by atomic mass is 16.3. The van der Waals surface area contributed by atoms with Crippen LogP contribution in [0, 0.1) is 0 Å². The van der Waals surface area contributed by atoms with Crippen molar-refractivity contribution in [2.24, 2.45) is 0 Å². The van der Waals surface area contributed by atoms with Gasteiger partial charge in [-0.15, -0.1) is 0 Å². The fourth-order valence-electron chi connectivity index (χ4n) is 1.87. The van der Waals surface area contributed by atoms with Gasteiger partial charge in [-0.05, 0) is 39.2 Å². The third-order valence-electron chi connectivity index (χ3n) is 3.17. The van der Waals surface area contributed by atoms with Gasteiger partial charge in [0.05, 0.1) is 18.2 Å². The van der Waals surface area contributed by atoms with Gasteiger partial charge in [-0.2, -0.15) is 0 Å². The van der Waals surface area contributed by atoms with Crippen molar-refractivity contribution in [2.45, 2.75) is 51.1 Å². The predicted molar refractivity (Wildman–Crippen MR) is 59.6 cm³/mol. The molecule has 1 rings (SSSR count). The SMILES string of the molecule is CC[C@@H](CO)NC(=O)C1(C)CCCCN1. The molecule has 4 nitrogen and oxygen atoms in total. The molecule has 2 atom stereocenters. The summed E-state index contributed by atoms with van der Waals surface area (Å²) in [6, 6.07) is -0.113. The Morgan fingerprint density at radius 3 is 2.80 bits per heavy atom. The molecule has 0 aromatic carbocycles. The van der Waals surface area contributed by atoms with Gasteiger partial charge in [0.2, 0.25) is 5.91 Å². The first-order valence-corrected chi connectivity index (χ1v) is 5.79. The summed E-state index contributed by atoms with van der Waals surface area (Å²) in [4.78, 5) is 12.0. The highest BCUT2D eigenvalue weighted by molar-refractivity contribution is 5.86. The minimum Gasteiger partial charge on any atom is -0.394 e. The van der Waals surface area contributed by atoms with E-state index in [0.29, 0.717) is 0 Å². The van der Waals surface area contributed by atoms with Crippen LogP contribution in [-0.4, -0.2) is 35.7 Å². The van der Waals surface area contributed by atoms with Crippen LogP contribution in [0.5, 0.6) is 0 Å². The lowest BCUT2D eigenvalue weighted by Crippen LogP contribution is -2.59. The topological polar surface area (TPSA) is 61.4 Å². The normalized spacial score (nSPS) is 28.5. The van der Waals surface area contributed by atoms with Crippen LogP contribution >= 0.6 is 0 Å². The average Bonchev–Trinajstić information content (AvgIpc) is 2.26. The first-order valence-electron chi connectivity index (χ1n) is 5.79. The Balaban J connectivity index is 2.50. The van der Waals surface area contributed by atoms with Crippen molar-refractivity contribution < 1.29 is 9.90 Å². The van der Waals surface area contributed by atoms with Gasteiger partial charge in [-0.25, -0.2) is 0 Å². The molecule has 0 aromatic heterocycles. The van der Waals surface area contributed by atoms with Crippen LogP contribution in [-0.2, 0) is 4.79 Å². The minimum atomic E-state index is -0.444. The number of hydrogen-bond donors (Lipinski definition) is 3. The smallest absolute Gasteiger partial charge is 0.240 e. The zero-order valence-corrected chi connectivity index (χ0v) is 9.68. The molecule has 1 aliphatic rings. The number of piperidine rings is 1. The molecule has 1 saturated heterocycles. The second kappa shape index (κ2) is 5.47. The number of nitrogens with one attached hydrogen (secondary N) is 2. The largest absolute Gasteiger partial charge is 0.394 e. The van der Waals surface area contributed by atoms with E-state index in [1.807, 2.05) is 13.8 Å². The molecule has 0 bridgehead atoms. The van der Waals surface area contributed by atoms with Crippen LogP contribution in [0.4, 0.5) is 0 Å². The zero-order valence-electron chi connectivity index (χ0n) is 9.68. The Hall–Kier alpha value is -0.610. The standard InChI is InChI=1S/C11H22N2O2/c1-3-9(8-14)13-10(15)11(2)6-4-5-7-12-11/h9,12,14H,3-8H2,1-2H3,(H,13,15)/t9-,11?/m0/s1. The van der Waals surface area contributed by atoms with Gasteiger partial charge < -0.3 is 15.7 Å². The molecule has 15 heavy (non-hydrogen) atoms. The molecule has 1 unspecified atom stereocenters. The summed E-state index contributed by atoms with van der Waals surface area (Å²) in [6.07, 6.45) is 3.87. The van der Waals surface area contributed by atoms with Gasteiger partial charge >= 0.3 is 0 Å². The molecule has 1 aliphatic heterocycles. The molecule has 0 spiro atoms. The predicted octanol–water partition coefficient (Wildman–Crippen LogP) is 0.406. The van der Waals surface area contributed by atoms with Crippen LogP contribution in [0.25, 0.3) is 0 Å². The summed E-state index contributed by atoms with van der Waals surface area (Å²) in [5.41, 5.74) is -0.444. The third kappa shape index (κ3) is 3.18. The van der Waals surface area contributed by atoms with Crippen molar-refractivity contribution in [3.05, 3.63) is 0 Å². The molecule has 3 N–H and O–H groups in total. The summed E-state index contributed by atoms with van der Waals surface area (Å²) >= 11 is 0. The van der Waals surface area contributed by atoms with Crippen LogP contribution in [0.2, 0.25) is 0 Å². The number of amides is 1. The van der Waals surface area contributed by atoms with Gasteiger partial charge in [0.25, 0.3) is 0 Å². The van der Waals surface area contributed by atoms with Crippen molar-refractivity contribution in [3.63, 3.8) is 0 Å². The van der Waals surface area contributed by atoms with E-state index in [4.69, 9.17) is 5.11 Å². The minimum absolute atomic E-state index is 0.0122. The van der Waals surface area contributed by atoms with Crippen LogP contribution in [0.1, 0.15) is 39.5 Å². The summed E-state index contributed by atoms with van der Waals surface area (Å²) < 4.78 is 0. The monoisotopic (exact) mass is 214 g/mol. The van der Waals surface area contributed by atoms with Crippen molar-refractivity contribution in [1.82, 2.24) is 10.6 Å². The van der Waals surface area contributed by atoms with Crippen LogP contribution in [0.3, 0.4) is 0 Å². The van der Waals surface area contributed by atoms with Gasteiger partial charge in [0, 0.05) is 0 Å². The number of carbonyl (C=O) groups excluding carboxylic acids is 1. The van der Waals surface area contributed by atoms with E-state index in [2.05, 4.69) is 10.6 Å². The maximum absolute atomic E-state index is 12.0. The molecular formula is C11H22N2O2. The zero-order chi connectivity index (χ0) is 11.3. The lowest BCUT2D eigenvalue weighted by molar-refractivity contribution is -0.129. The summed E-state index contributed by atoms with van der Waals surface area (Å²) in [7, 11) is 0. The number of carbonyl (C=O) groups is 1. The number of rotatable bonds is 4. The second-order valence-corrected chi connectivity index (χ2v) is 4.48. The van der Waals surface area contributed by atoms with E-state index in [0.717, 1.165) is 32.2 Å². The van der Waals surface area contributed by atoms with E-state index >= 15 is 0 Å².